The molecule has 0 aliphatic carbocycles. The summed E-state index contributed by atoms with van der Waals surface area (Å²) in [7, 11) is 0. The van der Waals surface area contributed by atoms with E-state index in [0.717, 1.165) is 29.6 Å². The molecule has 1 unspecified atom stereocenters. The lowest BCUT2D eigenvalue weighted by atomic mass is 10.1. The molecule has 0 radical (unpaired) electrons. The summed E-state index contributed by atoms with van der Waals surface area (Å²) in [5.41, 5.74) is 8.31. The normalized spacial score (nSPS) is 12.6. The predicted octanol–water partition coefficient (Wildman–Crippen LogP) is 2.97. The van der Waals surface area contributed by atoms with Gasteiger partial charge in [0.25, 0.3) is 0 Å². The lowest BCUT2D eigenvalue weighted by Crippen LogP contribution is -2.21. The zero-order valence-corrected chi connectivity index (χ0v) is 12.1. The number of aromatic nitrogens is 2. The number of halogens is 1. The zero-order chi connectivity index (χ0) is 13.0. The van der Waals surface area contributed by atoms with Gasteiger partial charge >= 0.3 is 0 Å². The number of hydrogen-bond acceptors (Lipinski definition) is 2. The lowest BCUT2D eigenvalue weighted by Gasteiger charge is -2.06. The van der Waals surface area contributed by atoms with E-state index in [4.69, 9.17) is 5.73 Å². The first-order chi connectivity index (χ1) is 8.67. The molecule has 0 aliphatic rings. The number of rotatable bonds is 5. The largest absolute Gasteiger partial charge is 0.348 e. The molecule has 0 spiro atoms. The van der Waals surface area contributed by atoms with Crippen LogP contribution in [0.15, 0.2) is 41.3 Å². The second kappa shape index (κ2) is 6.16. The van der Waals surface area contributed by atoms with E-state index in [0.29, 0.717) is 0 Å². The average Bonchev–Trinajstić information content (AvgIpc) is 2.79. The van der Waals surface area contributed by atoms with Crippen LogP contribution in [0.5, 0.6) is 0 Å². The molecule has 0 amide bonds. The maximum atomic E-state index is 5.96. The van der Waals surface area contributed by atoms with Gasteiger partial charge in [0.05, 0.1) is 12.2 Å². The van der Waals surface area contributed by atoms with Crippen molar-refractivity contribution in [1.29, 1.82) is 0 Å². The molecule has 0 bridgehead atoms. The van der Waals surface area contributed by atoms with Gasteiger partial charge in [-0.25, -0.2) is 0 Å². The molecule has 3 nitrogen and oxygen atoms in total. The van der Waals surface area contributed by atoms with Gasteiger partial charge in [-0.3, -0.25) is 4.98 Å². The molecule has 0 aromatic carbocycles. The Kier molecular flexibility index (Phi) is 4.55. The van der Waals surface area contributed by atoms with Crippen LogP contribution in [0.4, 0.5) is 0 Å². The Morgan fingerprint density at radius 1 is 1.39 bits per heavy atom. The first-order valence-corrected chi connectivity index (χ1v) is 6.97. The first-order valence-electron chi connectivity index (χ1n) is 6.18. The molecule has 2 rings (SSSR count). The van der Waals surface area contributed by atoms with Gasteiger partial charge in [-0.05, 0) is 52.5 Å². The minimum absolute atomic E-state index is 0.256. The summed E-state index contributed by atoms with van der Waals surface area (Å²) in [5.74, 6) is 0. The molecule has 1 atom stereocenters. The highest BCUT2D eigenvalue weighted by molar-refractivity contribution is 9.10. The van der Waals surface area contributed by atoms with Crippen molar-refractivity contribution in [3.63, 3.8) is 0 Å². The summed E-state index contributed by atoms with van der Waals surface area (Å²) in [6.45, 7) is 2.92. The van der Waals surface area contributed by atoms with Gasteiger partial charge in [0.1, 0.15) is 0 Å². The van der Waals surface area contributed by atoms with Crippen LogP contribution in [0.25, 0.3) is 0 Å². The van der Waals surface area contributed by atoms with Crippen molar-refractivity contribution in [3.05, 3.63) is 52.5 Å². The molecule has 96 valence electrons. The van der Waals surface area contributed by atoms with Crippen LogP contribution in [-0.4, -0.2) is 15.6 Å². The standard InChI is InChI=1S/C14H18BrN3/c1-2-13(16)7-11-5-6-18(9-11)10-14-4-3-12(15)8-17-14/h3-6,8-9,13H,2,7,10,16H2,1H3. The predicted molar refractivity (Wildman–Crippen MR) is 77.4 cm³/mol. The highest BCUT2D eigenvalue weighted by atomic mass is 79.9. The fraction of sp³-hybridized carbons (Fsp3) is 0.357. The van der Waals surface area contributed by atoms with Crippen molar-refractivity contribution in [2.75, 3.05) is 0 Å². The van der Waals surface area contributed by atoms with E-state index >= 15 is 0 Å². The van der Waals surface area contributed by atoms with Gasteiger partial charge in [-0.15, -0.1) is 0 Å². The summed E-state index contributed by atoms with van der Waals surface area (Å²) in [6.07, 6.45) is 8.02. The van der Waals surface area contributed by atoms with Gasteiger partial charge < -0.3 is 10.3 Å². The molecular formula is C14H18BrN3. The van der Waals surface area contributed by atoms with Crippen molar-refractivity contribution >= 4 is 15.9 Å². The molecule has 2 aromatic heterocycles. The van der Waals surface area contributed by atoms with Crippen molar-refractivity contribution in [2.24, 2.45) is 5.73 Å². The van der Waals surface area contributed by atoms with Crippen LogP contribution in [-0.2, 0) is 13.0 Å². The minimum atomic E-state index is 0.256. The van der Waals surface area contributed by atoms with Crippen LogP contribution in [0, 0.1) is 0 Å². The van der Waals surface area contributed by atoms with Crippen LogP contribution in [0.3, 0.4) is 0 Å². The summed E-state index contributed by atoms with van der Waals surface area (Å²) in [6, 6.07) is 6.43. The molecule has 0 fully saturated rings. The average molecular weight is 308 g/mol. The molecule has 0 aliphatic heterocycles. The SMILES string of the molecule is CCC(N)Cc1ccn(Cc2ccc(Br)cn2)c1. The molecular weight excluding hydrogens is 290 g/mol. The van der Waals surface area contributed by atoms with Crippen LogP contribution in [0.1, 0.15) is 24.6 Å². The van der Waals surface area contributed by atoms with Gasteiger partial charge in [0.2, 0.25) is 0 Å². The van der Waals surface area contributed by atoms with E-state index in [-0.39, 0.29) is 6.04 Å². The minimum Gasteiger partial charge on any atom is -0.348 e. The Bertz CT molecular complexity index is 490. The number of hydrogen-bond donors (Lipinski definition) is 1. The Morgan fingerprint density at radius 3 is 2.89 bits per heavy atom. The van der Waals surface area contributed by atoms with E-state index in [1.54, 1.807) is 0 Å². The molecule has 4 heteroatoms. The van der Waals surface area contributed by atoms with Gasteiger partial charge in [-0.2, -0.15) is 0 Å². The van der Waals surface area contributed by atoms with Crippen molar-refractivity contribution in [3.8, 4) is 0 Å². The van der Waals surface area contributed by atoms with Crippen molar-refractivity contribution in [2.45, 2.75) is 32.4 Å². The molecule has 2 aromatic rings. The summed E-state index contributed by atoms with van der Waals surface area (Å²) in [5, 5.41) is 0. The van der Waals surface area contributed by atoms with Crippen LogP contribution < -0.4 is 5.73 Å². The number of nitrogens with zero attached hydrogens (tertiary/aromatic N) is 2. The van der Waals surface area contributed by atoms with E-state index in [9.17, 15) is 0 Å². The monoisotopic (exact) mass is 307 g/mol. The van der Waals surface area contributed by atoms with E-state index in [2.05, 4.69) is 50.9 Å². The second-order valence-electron chi connectivity index (χ2n) is 4.53. The Morgan fingerprint density at radius 2 is 2.22 bits per heavy atom. The maximum absolute atomic E-state index is 5.96. The quantitative estimate of drug-likeness (QED) is 0.923. The molecule has 0 saturated carbocycles. The molecule has 18 heavy (non-hydrogen) atoms. The van der Waals surface area contributed by atoms with Gasteiger partial charge in [0.15, 0.2) is 0 Å². The van der Waals surface area contributed by atoms with E-state index in [1.807, 2.05) is 18.3 Å². The molecule has 0 saturated heterocycles. The van der Waals surface area contributed by atoms with Crippen molar-refractivity contribution in [1.82, 2.24) is 9.55 Å². The van der Waals surface area contributed by atoms with Gasteiger partial charge in [-0.1, -0.05) is 6.92 Å². The Labute approximate surface area is 116 Å². The van der Waals surface area contributed by atoms with Crippen LogP contribution >= 0.6 is 15.9 Å². The van der Waals surface area contributed by atoms with E-state index in [1.165, 1.54) is 5.56 Å². The smallest absolute Gasteiger partial charge is 0.0642 e. The van der Waals surface area contributed by atoms with E-state index < -0.39 is 0 Å². The zero-order valence-electron chi connectivity index (χ0n) is 10.5. The maximum Gasteiger partial charge on any atom is 0.0642 e. The topological polar surface area (TPSA) is 43.8 Å². The third-order valence-electron chi connectivity index (χ3n) is 2.97. The number of pyridine rings is 1. The Balaban J connectivity index is 2.00. The summed E-state index contributed by atoms with van der Waals surface area (Å²) < 4.78 is 3.15. The molecule has 2 heterocycles. The molecule has 2 N–H and O–H groups in total. The lowest BCUT2D eigenvalue weighted by molar-refractivity contribution is 0.644. The van der Waals surface area contributed by atoms with Gasteiger partial charge in [0, 0.05) is 29.1 Å². The fourth-order valence-electron chi connectivity index (χ4n) is 1.84. The third kappa shape index (κ3) is 3.68. The highest BCUT2D eigenvalue weighted by Gasteiger charge is 2.03. The fourth-order valence-corrected chi connectivity index (χ4v) is 2.08. The van der Waals surface area contributed by atoms with Crippen LogP contribution in [0.2, 0.25) is 0 Å². The van der Waals surface area contributed by atoms with Crippen molar-refractivity contribution < 1.29 is 0 Å². The summed E-state index contributed by atoms with van der Waals surface area (Å²) in [4.78, 5) is 4.37. The highest BCUT2D eigenvalue weighted by Crippen LogP contribution is 2.10. The first kappa shape index (κ1) is 13.3. The third-order valence-corrected chi connectivity index (χ3v) is 3.44. The number of nitrogens with two attached hydrogens (primary N) is 1. The Hall–Kier alpha value is -1.13. The second-order valence-corrected chi connectivity index (χ2v) is 5.45. The summed E-state index contributed by atoms with van der Waals surface area (Å²) >= 11 is 3.39.